The summed E-state index contributed by atoms with van der Waals surface area (Å²) < 4.78 is 4.96. The van der Waals surface area contributed by atoms with E-state index in [4.69, 9.17) is 9.84 Å². The van der Waals surface area contributed by atoms with Crippen LogP contribution in [0.4, 0.5) is 0 Å². The predicted octanol–water partition coefficient (Wildman–Crippen LogP) is 8.60. The minimum absolute atomic E-state index is 0.320. The molecule has 0 aliphatic rings. The molecule has 0 aromatic rings. The fraction of sp³-hybridized carbons (Fsp3) is 0.926. The van der Waals surface area contributed by atoms with Crippen LogP contribution >= 0.6 is 0 Å². The first-order chi connectivity index (χ1) is 15.1. The molecule has 0 fully saturated rings. The lowest BCUT2D eigenvalue weighted by Gasteiger charge is -2.11. The third-order valence-corrected chi connectivity index (χ3v) is 6.15. The van der Waals surface area contributed by atoms with Crippen molar-refractivity contribution in [3.05, 3.63) is 0 Å². The SMILES string of the molecule is CCCCCCCCCCCCCCCCCCCCCCC(=O)OC(CC)C(=O)O. The lowest BCUT2D eigenvalue weighted by molar-refractivity contribution is -0.164. The Morgan fingerprint density at radius 2 is 0.903 bits per heavy atom. The molecule has 0 aliphatic heterocycles. The van der Waals surface area contributed by atoms with Gasteiger partial charge >= 0.3 is 11.9 Å². The van der Waals surface area contributed by atoms with Crippen molar-refractivity contribution in [2.45, 2.75) is 161 Å². The molecule has 1 N–H and O–H groups in total. The highest BCUT2D eigenvalue weighted by Gasteiger charge is 2.19. The van der Waals surface area contributed by atoms with E-state index in [1.54, 1.807) is 6.92 Å². The number of aliphatic carboxylic acids is 1. The van der Waals surface area contributed by atoms with Gasteiger partial charge in [0.2, 0.25) is 0 Å². The topological polar surface area (TPSA) is 63.6 Å². The third kappa shape index (κ3) is 21.9. The molecule has 0 saturated heterocycles. The molecule has 4 heteroatoms. The van der Waals surface area contributed by atoms with Gasteiger partial charge in [0.1, 0.15) is 0 Å². The number of rotatable bonds is 24. The van der Waals surface area contributed by atoms with Gasteiger partial charge in [-0.3, -0.25) is 4.79 Å². The first kappa shape index (κ1) is 29.9. The normalized spacial score (nSPS) is 12.1. The molecule has 0 amide bonds. The van der Waals surface area contributed by atoms with Gasteiger partial charge in [-0.25, -0.2) is 4.79 Å². The number of carboxylic acids is 1. The Morgan fingerprint density at radius 3 is 1.19 bits per heavy atom. The molecule has 0 spiro atoms. The molecule has 0 aliphatic carbocycles. The van der Waals surface area contributed by atoms with Crippen molar-refractivity contribution in [3.63, 3.8) is 0 Å². The lowest BCUT2D eigenvalue weighted by atomic mass is 10.0. The smallest absolute Gasteiger partial charge is 0.345 e. The van der Waals surface area contributed by atoms with Crippen molar-refractivity contribution in [2.24, 2.45) is 0 Å². The van der Waals surface area contributed by atoms with Crippen LogP contribution in [-0.4, -0.2) is 23.1 Å². The molecule has 184 valence electrons. The van der Waals surface area contributed by atoms with E-state index >= 15 is 0 Å². The molecule has 0 aromatic heterocycles. The molecule has 0 radical (unpaired) electrons. The van der Waals surface area contributed by atoms with Crippen molar-refractivity contribution in [1.29, 1.82) is 0 Å². The van der Waals surface area contributed by atoms with E-state index < -0.39 is 12.1 Å². The summed E-state index contributed by atoms with van der Waals surface area (Å²) in [6, 6.07) is 0. The Morgan fingerprint density at radius 1 is 0.581 bits per heavy atom. The molecule has 0 heterocycles. The van der Waals surface area contributed by atoms with Crippen LogP contribution in [0, 0.1) is 0 Å². The molecule has 0 saturated carbocycles. The summed E-state index contributed by atoms with van der Waals surface area (Å²) in [6.45, 7) is 3.99. The second-order valence-corrected chi connectivity index (χ2v) is 9.19. The second kappa shape index (κ2) is 23.6. The van der Waals surface area contributed by atoms with Crippen LogP contribution in [0.3, 0.4) is 0 Å². The van der Waals surface area contributed by atoms with E-state index in [-0.39, 0.29) is 5.97 Å². The van der Waals surface area contributed by atoms with Crippen LogP contribution in [0.2, 0.25) is 0 Å². The number of esters is 1. The van der Waals surface area contributed by atoms with E-state index in [0.29, 0.717) is 12.8 Å². The summed E-state index contributed by atoms with van der Waals surface area (Å²) >= 11 is 0. The van der Waals surface area contributed by atoms with E-state index in [1.165, 1.54) is 109 Å². The van der Waals surface area contributed by atoms with Crippen LogP contribution in [0.1, 0.15) is 155 Å². The number of hydrogen-bond donors (Lipinski definition) is 1. The monoisotopic (exact) mass is 440 g/mol. The van der Waals surface area contributed by atoms with Crippen molar-refractivity contribution in [2.75, 3.05) is 0 Å². The quantitative estimate of drug-likeness (QED) is 0.120. The third-order valence-electron chi connectivity index (χ3n) is 6.15. The molecular formula is C27H52O4. The number of hydrogen-bond acceptors (Lipinski definition) is 3. The summed E-state index contributed by atoms with van der Waals surface area (Å²) in [5, 5.41) is 8.89. The van der Waals surface area contributed by atoms with E-state index in [9.17, 15) is 9.59 Å². The van der Waals surface area contributed by atoms with Gasteiger partial charge in [-0.05, 0) is 12.8 Å². The molecule has 1 unspecified atom stereocenters. The zero-order valence-electron chi connectivity index (χ0n) is 20.8. The number of unbranched alkanes of at least 4 members (excludes halogenated alkanes) is 19. The van der Waals surface area contributed by atoms with Gasteiger partial charge in [0, 0.05) is 6.42 Å². The average molecular weight is 441 g/mol. The summed E-state index contributed by atoms with van der Waals surface area (Å²) in [5.74, 6) is -1.43. The summed E-state index contributed by atoms with van der Waals surface area (Å²) in [7, 11) is 0. The largest absolute Gasteiger partial charge is 0.479 e. The van der Waals surface area contributed by atoms with Crippen LogP contribution < -0.4 is 0 Å². The van der Waals surface area contributed by atoms with E-state index in [0.717, 1.165) is 19.3 Å². The van der Waals surface area contributed by atoms with E-state index in [1.807, 2.05) is 0 Å². The highest BCUT2D eigenvalue weighted by molar-refractivity contribution is 5.77. The Labute approximate surface area is 192 Å². The Kier molecular flexibility index (Phi) is 22.8. The minimum atomic E-state index is -1.06. The van der Waals surface area contributed by atoms with Crippen LogP contribution in [0.25, 0.3) is 0 Å². The van der Waals surface area contributed by atoms with Gasteiger partial charge in [0.15, 0.2) is 6.10 Å². The second-order valence-electron chi connectivity index (χ2n) is 9.19. The lowest BCUT2D eigenvalue weighted by Crippen LogP contribution is -2.26. The molecule has 0 rings (SSSR count). The summed E-state index contributed by atoms with van der Waals surface area (Å²) in [6.07, 6.45) is 26.3. The number of carbonyl (C=O) groups is 2. The van der Waals surface area contributed by atoms with Crippen LogP contribution in [0.5, 0.6) is 0 Å². The maximum absolute atomic E-state index is 11.6. The molecule has 0 bridgehead atoms. The van der Waals surface area contributed by atoms with Gasteiger partial charge in [0.25, 0.3) is 0 Å². The molecular weight excluding hydrogens is 388 g/mol. The zero-order chi connectivity index (χ0) is 23.0. The minimum Gasteiger partial charge on any atom is -0.479 e. The number of carboxylic acid groups (broad SMARTS) is 1. The maximum atomic E-state index is 11.6. The van der Waals surface area contributed by atoms with Gasteiger partial charge in [-0.1, -0.05) is 136 Å². The Hall–Kier alpha value is -1.06. The van der Waals surface area contributed by atoms with Crippen molar-refractivity contribution in [3.8, 4) is 0 Å². The number of carbonyl (C=O) groups excluding carboxylic acids is 1. The van der Waals surface area contributed by atoms with Gasteiger partial charge in [-0.2, -0.15) is 0 Å². The Bertz CT molecular complexity index is 408. The molecule has 31 heavy (non-hydrogen) atoms. The Balaban J connectivity index is 3.20. The fourth-order valence-corrected chi connectivity index (χ4v) is 4.05. The molecule has 1 atom stereocenters. The highest BCUT2D eigenvalue weighted by Crippen LogP contribution is 2.15. The van der Waals surface area contributed by atoms with Crippen LogP contribution in [-0.2, 0) is 14.3 Å². The van der Waals surface area contributed by atoms with Gasteiger partial charge < -0.3 is 9.84 Å². The van der Waals surface area contributed by atoms with Crippen molar-refractivity contribution < 1.29 is 19.4 Å². The predicted molar refractivity (Wildman–Crippen MR) is 130 cm³/mol. The van der Waals surface area contributed by atoms with Crippen LogP contribution in [0.15, 0.2) is 0 Å². The summed E-state index contributed by atoms with van der Waals surface area (Å²) in [4.78, 5) is 22.5. The molecule has 4 nitrogen and oxygen atoms in total. The maximum Gasteiger partial charge on any atom is 0.345 e. The average Bonchev–Trinajstić information content (AvgIpc) is 2.75. The van der Waals surface area contributed by atoms with Gasteiger partial charge in [0.05, 0.1) is 0 Å². The standard InChI is InChI=1S/C27H52O4/c1-3-5-6-7-8-9-10-11-12-13-14-15-16-17-18-19-20-21-22-23-24-26(28)31-25(4-2)27(29)30/h25H,3-24H2,1-2H3,(H,29,30). The molecule has 0 aromatic carbocycles. The summed E-state index contributed by atoms with van der Waals surface area (Å²) in [5.41, 5.74) is 0. The first-order valence-corrected chi connectivity index (χ1v) is 13.5. The van der Waals surface area contributed by atoms with Crippen molar-refractivity contribution >= 4 is 11.9 Å². The van der Waals surface area contributed by atoms with Gasteiger partial charge in [-0.15, -0.1) is 0 Å². The number of ether oxygens (including phenoxy) is 1. The highest BCUT2D eigenvalue weighted by atomic mass is 16.6. The fourth-order valence-electron chi connectivity index (χ4n) is 4.05. The first-order valence-electron chi connectivity index (χ1n) is 13.5. The van der Waals surface area contributed by atoms with Crippen molar-refractivity contribution in [1.82, 2.24) is 0 Å². The zero-order valence-corrected chi connectivity index (χ0v) is 20.8. The van der Waals surface area contributed by atoms with E-state index in [2.05, 4.69) is 6.92 Å².